The normalized spacial score (nSPS) is 11.8. The highest BCUT2D eigenvalue weighted by atomic mass is 16.3. The molecule has 0 unspecified atom stereocenters. The van der Waals surface area contributed by atoms with Crippen molar-refractivity contribution in [3.05, 3.63) is 106 Å². The van der Waals surface area contributed by atoms with Crippen molar-refractivity contribution >= 4 is 46.1 Å². The van der Waals surface area contributed by atoms with E-state index in [4.69, 9.17) is 11.5 Å². The van der Waals surface area contributed by atoms with Crippen LogP contribution in [0.3, 0.4) is 0 Å². The van der Waals surface area contributed by atoms with Gasteiger partial charge in [-0.3, -0.25) is 19.2 Å². The largest absolute Gasteiger partial charge is 0.507 e. The summed E-state index contributed by atoms with van der Waals surface area (Å²) in [6.07, 6.45) is 1.48. The molecule has 0 atom stereocenters. The summed E-state index contributed by atoms with van der Waals surface area (Å²) in [4.78, 5) is 52.4. The Labute approximate surface area is 277 Å². The van der Waals surface area contributed by atoms with Crippen LogP contribution in [0.15, 0.2) is 72.8 Å². The van der Waals surface area contributed by atoms with E-state index < -0.39 is 23.1 Å². The van der Waals surface area contributed by atoms with Crippen LogP contribution in [0, 0.1) is 0 Å². The molecular formula is C36H38N6O6. The topological polar surface area (TPSA) is 209 Å². The molecule has 4 aromatic carbocycles. The van der Waals surface area contributed by atoms with Gasteiger partial charge in [0.15, 0.2) is 0 Å². The van der Waals surface area contributed by atoms with Crippen LogP contribution in [0.4, 0.5) is 22.7 Å². The Morgan fingerprint density at radius 1 is 0.542 bits per heavy atom. The van der Waals surface area contributed by atoms with Crippen LogP contribution < -0.4 is 32.7 Å². The summed E-state index contributed by atoms with van der Waals surface area (Å²) in [7, 11) is 0. The van der Waals surface area contributed by atoms with Gasteiger partial charge in [-0.25, -0.2) is 0 Å². The average Bonchev–Trinajstić information content (AvgIpc) is 3.07. The predicted octanol–water partition coefficient (Wildman–Crippen LogP) is 3.36. The van der Waals surface area contributed by atoms with Gasteiger partial charge in [0.1, 0.15) is 11.5 Å². The number of amides is 2. The molecule has 248 valence electrons. The van der Waals surface area contributed by atoms with Gasteiger partial charge in [-0.15, -0.1) is 0 Å². The SMILES string of the molecule is Nc1ccccc1CCC(=O)NCCNc1ccc(NCCNC(=O)CCc2ccccc2N)c2c1C(=O)c1c(O)ccc(O)c1C2=O. The predicted molar refractivity (Wildman–Crippen MR) is 184 cm³/mol. The summed E-state index contributed by atoms with van der Waals surface area (Å²) in [5.41, 5.74) is 15.1. The molecular weight excluding hydrogens is 612 g/mol. The lowest BCUT2D eigenvalue weighted by Crippen LogP contribution is -2.31. The Morgan fingerprint density at radius 2 is 0.938 bits per heavy atom. The first-order valence-corrected chi connectivity index (χ1v) is 15.6. The van der Waals surface area contributed by atoms with Gasteiger partial charge >= 0.3 is 0 Å². The second-order valence-corrected chi connectivity index (χ2v) is 11.4. The second-order valence-electron chi connectivity index (χ2n) is 11.4. The van der Waals surface area contributed by atoms with E-state index in [1.165, 1.54) is 0 Å². The number of rotatable bonds is 14. The molecule has 4 aromatic rings. The van der Waals surface area contributed by atoms with Crippen LogP contribution in [0.1, 0.15) is 55.8 Å². The third-order valence-electron chi connectivity index (χ3n) is 8.15. The number of phenolic OH excluding ortho intramolecular Hbond substituents is 2. The van der Waals surface area contributed by atoms with Crippen LogP contribution in [0.5, 0.6) is 11.5 Å². The zero-order valence-corrected chi connectivity index (χ0v) is 26.3. The van der Waals surface area contributed by atoms with E-state index in [2.05, 4.69) is 21.3 Å². The zero-order chi connectivity index (χ0) is 34.2. The first-order valence-electron chi connectivity index (χ1n) is 15.6. The highest BCUT2D eigenvalue weighted by Gasteiger charge is 2.38. The fourth-order valence-electron chi connectivity index (χ4n) is 5.65. The number of para-hydroxylation sites is 2. The summed E-state index contributed by atoms with van der Waals surface area (Å²) in [5.74, 6) is -2.48. The third kappa shape index (κ3) is 7.49. The number of carbonyl (C=O) groups excluding carboxylic acids is 4. The van der Waals surface area contributed by atoms with Gasteiger partial charge in [-0.1, -0.05) is 36.4 Å². The van der Waals surface area contributed by atoms with Crippen LogP contribution >= 0.6 is 0 Å². The Kier molecular flexibility index (Phi) is 10.4. The highest BCUT2D eigenvalue weighted by Crippen LogP contribution is 2.42. The number of carbonyl (C=O) groups is 4. The number of aryl methyl sites for hydroxylation is 2. The molecule has 1 aliphatic rings. The third-order valence-corrected chi connectivity index (χ3v) is 8.15. The summed E-state index contributed by atoms with van der Waals surface area (Å²) in [6.45, 7) is 0.942. The first-order chi connectivity index (χ1) is 23.2. The molecule has 0 aromatic heterocycles. The van der Waals surface area contributed by atoms with Gasteiger partial charge < -0.3 is 42.9 Å². The number of hydrogen-bond donors (Lipinski definition) is 8. The van der Waals surface area contributed by atoms with Crippen LogP contribution in [-0.2, 0) is 22.4 Å². The second kappa shape index (κ2) is 15.0. The maximum absolute atomic E-state index is 13.8. The van der Waals surface area contributed by atoms with E-state index >= 15 is 0 Å². The highest BCUT2D eigenvalue weighted by molar-refractivity contribution is 6.33. The van der Waals surface area contributed by atoms with Crippen molar-refractivity contribution in [2.24, 2.45) is 0 Å². The van der Waals surface area contributed by atoms with Crippen LogP contribution in [0.25, 0.3) is 0 Å². The molecule has 0 bridgehead atoms. The van der Waals surface area contributed by atoms with Gasteiger partial charge in [0.2, 0.25) is 23.4 Å². The lowest BCUT2D eigenvalue weighted by atomic mass is 9.81. The maximum Gasteiger partial charge on any atom is 0.220 e. The molecule has 5 rings (SSSR count). The lowest BCUT2D eigenvalue weighted by molar-refractivity contribution is -0.121. The summed E-state index contributed by atoms with van der Waals surface area (Å²) in [5, 5.41) is 32.9. The molecule has 0 heterocycles. The van der Waals surface area contributed by atoms with Crippen molar-refractivity contribution in [2.75, 3.05) is 48.3 Å². The minimum Gasteiger partial charge on any atom is -0.507 e. The molecule has 0 saturated carbocycles. The number of nitrogens with two attached hydrogens (primary N) is 2. The molecule has 0 spiro atoms. The van der Waals surface area contributed by atoms with Crippen LogP contribution in [0.2, 0.25) is 0 Å². The summed E-state index contributed by atoms with van der Waals surface area (Å²) >= 11 is 0. The van der Waals surface area contributed by atoms with E-state index in [0.29, 0.717) is 35.6 Å². The van der Waals surface area contributed by atoms with Crippen molar-refractivity contribution in [1.82, 2.24) is 10.6 Å². The van der Waals surface area contributed by atoms with E-state index in [1.54, 1.807) is 24.3 Å². The fourth-order valence-corrected chi connectivity index (χ4v) is 5.65. The van der Waals surface area contributed by atoms with E-state index in [-0.39, 0.29) is 73.1 Å². The van der Waals surface area contributed by atoms with E-state index in [0.717, 1.165) is 23.3 Å². The Bertz CT molecular complexity index is 1740. The minimum atomic E-state index is -0.642. The van der Waals surface area contributed by atoms with Crippen molar-refractivity contribution in [1.29, 1.82) is 0 Å². The standard InChI is InChI=1S/C36H38N6O6/c37-23-7-3-1-5-21(23)9-15-29(45)41-19-17-39-25-11-12-26(40-18-20-42-30(46)16-10-22-6-2-4-8-24(22)38)32-31(25)35(47)33-27(43)13-14-28(44)34(33)36(32)48/h1-8,11-14,39-40,43-44H,9-10,15-20,37-38H2,(H,41,45)(H,42,46). The first kappa shape index (κ1) is 33.3. The van der Waals surface area contributed by atoms with Crippen LogP contribution in [-0.4, -0.2) is 59.8 Å². The molecule has 0 aliphatic heterocycles. The monoisotopic (exact) mass is 650 g/mol. The number of nitrogens with one attached hydrogen (secondary N) is 4. The van der Waals surface area contributed by atoms with Gasteiger partial charge in [-0.2, -0.15) is 0 Å². The molecule has 1 aliphatic carbocycles. The molecule has 10 N–H and O–H groups in total. The lowest BCUT2D eigenvalue weighted by Gasteiger charge is -2.25. The van der Waals surface area contributed by atoms with Gasteiger partial charge in [0, 0.05) is 61.8 Å². The number of ketones is 2. The quantitative estimate of drug-likeness (QED) is 0.0499. The van der Waals surface area contributed by atoms with E-state index in [1.807, 2.05) is 36.4 Å². The van der Waals surface area contributed by atoms with E-state index in [9.17, 15) is 29.4 Å². The summed E-state index contributed by atoms with van der Waals surface area (Å²) < 4.78 is 0. The van der Waals surface area contributed by atoms with Gasteiger partial charge in [-0.05, 0) is 60.4 Å². The molecule has 2 amide bonds. The molecule has 12 nitrogen and oxygen atoms in total. The minimum absolute atomic E-state index is 0.0220. The number of phenols is 2. The van der Waals surface area contributed by atoms with Gasteiger partial charge in [0.25, 0.3) is 0 Å². The number of benzene rings is 4. The van der Waals surface area contributed by atoms with Crippen molar-refractivity contribution in [3.8, 4) is 11.5 Å². The molecule has 0 saturated heterocycles. The Morgan fingerprint density at radius 3 is 1.33 bits per heavy atom. The smallest absolute Gasteiger partial charge is 0.220 e. The number of aromatic hydroxyl groups is 2. The fraction of sp³-hybridized carbons (Fsp3) is 0.222. The molecule has 48 heavy (non-hydrogen) atoms. The van der Waals surface area contributed by atoms with Crippen molar-refractivity contribution in [2.45, 2.75) is 25.7 Å². The molecule has 0 radical (unpaired) electrons. The van der Waals surface area contributed by atoms with Crippen molar-refractivity contribution < 1.29 is 29.4 Å². The molecule has 12 heteroatoms. The molecule has 0 fully saturated rings. The Balaban J connectivity index is 1.24. The summed E-state index contributed by atoms with van der Waals surface area (Å²) in [6, 6.07) is 20.3. The Hall–Kier alpha value is -6.04. The number of hydrogen-bond acceptors (Lipinski definition) is 10. The number of anilines is 4. The number of fused-ring (bicyclic) bond motifs is 2. The zero-order valence-electron chi connectivity index (χ0n) is 26.3. The van der Waals surface area contributed by atoms with Gasteiger partial charge in [0.05, 0.1) is 22.3 Å². The average molecular weight is 651 g/mol. The maximum atomic E-state index is 13.8. The van der Waals surface area contributed by atoms with Crippen molar-refractivity contribution in [3.63, 3.8) is 0 Å². The number of nitrogen functional groups attached to an aromatic ring is 2.